The topological polar surface area (TPSA) is 66.9 Å². The van der Waals surface area contributed by atoms with Crippen LogP contribution in [0.4, 0.5) is 0 Å². The van der Waals surface area contributed by atoms with Crippen molar-refractivity contribution in [3.05, 3.63) is 35.4 Å². The van der Waals surface area contributed by atoms with E-state index in [1.54, 1.807) is 17.1 Å². The Hall–Kier alpha value is -1.16. The van der Waals surface area contributed by atoms with Crippen molar-refractivity contribution in [1.82, 2.24) is 10.0 Å². The summed E-state index contributed by atoms with van der Waals surface area (Å²) < 4.78 is 4.65. The molecule has 1 aliphatic rings. The molecule has 2 rings (SSSR count). The SMILES string of the molecule is COC(=O)c1ccc(CCN2C(=O)CCN2CC[C-]=O)cc1.[U]. The monoisotopic (exact) mass is 541 g/mol. The fourth-order valence-corrected chi connectivity index (χ4v) is 2.47. The first-order valence-corrected chi connectivity index (χ1v) is 7.23. The number of hydrazine groups is 1. The minimum absolute atomic E-state index is 0. The van der Waals surface area contributed by atoms with E-state index >= 15 is 0 Å². The van der Waals surface area contributed by atoms with Gasteiger partial charge in [0, 0.05) is 50.6 Å². The molecule has 1 aliphatic heterocycles. The van der Waals surface area contributed by atoms with E-state index in [-0.39, 0.29) is 43.0 Å². The van der Waals surface area contributed by atoms with Crippen LogP contribution in [0, 0.1) is 31.1 Å². The summed E-state index contributed by atoms with van der Waals surface area (Å²) in [4.78, 5) is 33.6. The van der Waals surface area contributed by atoms with Crippen LogP contribution in [0.2, 0.25) is 0 Å². The summed E-state index contributed by atoms with van der Waals surface area (Å²) >= 11 is 0. The van der Waals surface area contributed by atoms with E-state index in [1.165, 1.54) is 7.11 Å². The van der Waals surface area contributed by atoms with Gasteiger partial charge in [0.25, 0.3) is 0 Å². The predicted octanol–water partition coefficient (Wildman–Crippen LogP) is 0.965. The molecule has 1 heterocycles. The third-order valence-corrected chi connectivity index (χ3v) is 3.67. The summed E-state index contributed by atoms with van der Waals surface area (Å²) in [6.07, 6.45) is 3.33. The van der Waals surface area contributed by atoms with Gasteiger partial charge in [-0.3, -0.25) is 16.1 Å². The second-order valence-corrected chi connectivity index (χ2v) is 5.05. The smallest absolute Gasteiger partial charge is 0.337 e. The number of hydrogen-bond donors (Lipinski definition) is 0. The molecule has 1 aromatic rings. The van der Waals surface area contributed by atoms with Crippen molar-refractivity contribution in [1.29, 1.82) is 0 Å². The quantitative estimate of drug-likeness (QED) is 0.381. The number of esters is 1. The molecule has 1 fully saturated rings. The summed E-state index contributed by atoms with van der Waals surface area (Å²) in [5.74, 6) is -0.283. The Morgan fingerprint density at radius 2 is 1.96 bits per heavy atom. The number of amides is 1. The van der Waals surface area contributed by atoms with Crippen molar-refractivity contribution in [2.24, 2.45) is 0 Å². The molecular weight excluding hydrogens is 522 g/mol. The first-order valence-electron chi connectivity index (χ1n) is 7.23. The zero-order valence-corrected chi connectivity index (χ0v) is 17.2. The summed E-state index contributed by atoms with van der Waals surface area (Å²) in [6, 6.07) is 7.14. The second-order valence-electron chi connectivity index (χ2n) is 5.05. The molecule has 0 aliphatic carbocycles. The van der Waals surface area contributed by atoms with E-state index in [9.17, 15) is 14.4 Å². The van der Waals surface area contributed by atoms with Gasteiger partial charge in [-0.1, -0.05) is 12.1 Å². The van der Waals surface area contributed by atoms with E-state index in [0.717, 1.165) is 5.56 Å². The number of benzene rings is 1. The van der Waals surface area contributed by atoms with Gasteiger partial charge in [-0.15, -0.1) is 6.42 Å². The number of carbonyl (C=O) groups is 2. The molecule has 23 heavy (non-hydrogen) atoms. The van der Waals surface area contributed by atoms with Gasteiger partial charge in [0.15, 0.2) is 0 Å². The van der Waals surface area contributed by atoms with Crippen LogP contribution < -0.4 is 0 Å². The van der Waals surface area contributed by atoms with Crippen molar-refractivity contribution in [3.8, 4) is 0 Å². The first-order chi connectivity index (χ1) is 10.7. The predicted molar refractivity (Wildman–Crippen MR) is 79.7 cm³/mol. The van der Waals surface area contributed by atoms with Crippen LogP contribution in [0.1, 0.15) is 28.8 Å². The van der Waals surface area contributed by atoms with Crippen molar-refractivity contribution in [2.45, 2.75) is 19.3 Å². The Bertz CT molecular complexity index is 548. The molecule has 0 radical (unpaired) electrons. The van der Waals surface area contributed by atoms with E-state index in [0.29, 0.717) is 44.5 Å². The van der Waals surface area contributed by atoms with Crippen molar-refractivity contribution < 1.29 is 50.2 Å². The first kappa shape index (κ1) is 19.9. The Labute approximate surface area is 159 Å². The van der Waals surface area contributed by atoms with Crippen LogP contribution in [-0.2, 0) is 20.7 Å². The van der Waals surface area contributed by atoms with Crippen molar-refractivity contribution in [2.75, 3.05) is 26.7 Å². The molecule has 0 N–H and O–H groups in total. The van der Waals surface area contributed by atoms with Crippen LogP contribution in [0.3, 0.4) is 0 Å². The molecule has 7 heteroatoms. The number of hydrogen-bond acceptors (Lipinski definition) is 5. The number of carbonyl (C=O) groups excluding carboxylic acids is 3. The maximum Gasteiger partial charge on any atom is 0.337 e. The van der Waals surface area contributed by atoms with E-state index in [2.05, 4.69) is 4.74 Å². The third-order valence-electron chi connectivity index (χ3n) is 3.67. The average molecular weight is 541 g/mol. The van der Waals surface area contributed by atoms with Crippen LogP contribution in [0.25, 0.3) is 0 Å². The fraction of sp³-hybridized carbons (Fsp3) is 0.438. The molecule has 1 amide bonds. The second kappa shape index (κ2) is 9.86. The average Bonchev–Trinajstić information content (AvgIpc) is 2.90. The zero-order chi connectivity index (χ0) is 15.9. The summed E-state index contributed by atoms with van der Waals surface area (Å²) in [5, 5.41) is 3.60. The molecule has 1 aromatic carbocycles. The number of ether oxygens (including phenoxy) is 1. The van der Waals surface area contributed by atoms with Crippen LogP contribution in [-0.4, -0.2) is 54.9 Å². The minimum atomic E-state index is -0.363. The largest absolute Gasteiger partial charge is 0.542 e. The summed E-state index contributed by atoms with van der Waals surface area (Å²) in [6.45, 7) is 1.74. The van der Waals surface area contributed by atoms with Gasteiger partial charge in [0.2, 0.25) is 5.91 Å². The zero-order valence-electron chi connectivity index (χ0n) is 13.1. The fourth-order valence-electron chi connectivity index (χ4n) is 2.47. The molecule has 0 bridgehead atoms. The molecule has 0 aromatic heterocycles. The molecule has 0 unspecified atom stereocenters. The standard InChI is InChI=1S/C16H19N2O4.U/c1-22-16(21)14-5-3-13(4-6-14)7-11-18-15(20)8-10-17(18)9-2-12-19;/h3-6H,2,7-11H2,1H3;/q-1;. The molecule has 1 saturated heterocycles. The maximum absolute atomic E-state index is 11.9. The molecule has 0 spiro atoms. The Morgan fingerprint density at radius 1 is 1.26 bits per heavy atom. The van der Waals surface area contributed by atoms with Gasteiger partial charge in [0.1, 0.15) is 0 Å². The molecule has 6 nitrogen and oxygen atoms in total. The Balaban J connectivity index is 0.00000264. The van der Waals surface area contributed by atoms with Crippen LogP contribution in [0.5, 0.6) is 0 Å². The summed E-state index contributed by atoms with van der Waals surface area (Å²) in [7, 11) is 1.35. The number of nitrogens with zero attached hydrogens (tertiary/aromatic N) is 2. The van der Waals surface area contributed by atoms with Gasteiger partial charge >= 0.3 is 5.97 Å². The third kappa shape index (κ3) is 5.45. The van der Waals surface area contributed by atoms with Gasteiger partial charge < -0.3 is 9.53 Å². The van der Waals surface area contributed by atoms with Crippen molar-refractivity contribution in [3.63, 3.8) is 0 Å². The van der Waals surface area contributed by atoms with Crippen molar-refractivity contribution >= 4 is 18.2 Å². The van der Waals surface area contributed by atoms with Crippen LogP contribution >= 0.6 is 0 Å². The van der Waals surface area contributed by atoms with Gasteiger partial charge in [-0.05, 0) is 30.7 Å². The number of rotatable bonds is 7. The van der Waals surface area contributed by atoms with E-state index in [4.69, 9.17) is 0 Å². The summed E-state index contributed by atoms with van der Waals surface area (Å²) in [5.41, 5.74) is 1.54. The van der Waals surface area contributed by atoms with Gasteiger partial charge in [-0.25, -0.2) is 9.80 Å². The Kier molecular flexibility index (Phi) is 8.53. The number of methoxy groups -OCH3 is 1. The maximum atomic E-state index is 11.9. The van der Waals surface area contributed by atoms with Gasteiger partial charge in [-0.2, -0.15) is 0 Å². The minimum Gasteiger partial charge on any atom is -0.542 e. The molecule has 122 valence electrons. The molecular formula is C16H19N2O4U-. The van der Waals surface area contributed by atoms with Crippen LogP contribution in [0.15, 0.2) is 24.3 Å². The van der Waals surface area contributed by atoms with E-state index < -0.39 is 0 Å². The van der Waals surface area contributed by atoms with Gasteiger partial charge in [0.05, 0.1) is 12.7 Å². The normalized spacial score (nSPS) is 14.5. The molecule has 0 atom stereocenters. The molecule has 0 saturated carbocycles. The van der Waals surface area contributed by atoms with E-state index in [1.807, 2.05) is 23.4 Å². The Morgan fingerprint density at radius 3 is 2.57 bits per heavy atom.